The molecule has 1 aliphatic rings. The van der Waals surface area contributed by atoms with Crippen molar-refractivity contribution in [2.75, 3.05) is 6.54 Å². The minimum absolute atomic E-state index is 0.420. The Bertz CT molecular complexity index is 216. The summed E-state index contributed by atoms with van der Waals surface area (Å²) in [6, 6.07) is 0. The van der Waals surface area contributed by atoms with Gasteiger partial charge in [0.05, 0.1) is 0 Å². The molecule has 0 aromatic carbocycles. The van der Waals surface area contributed by atoms with Crippen LogP contribution in [0.5, 0.6) is 0 Å². The van der Waals surface area contributed by atoms with E-state index in [0.717, 1.165) is 6.54 Å². The fraction of sp³-hybridized carbons (Fsp3) is 1.00. The van der Waals surface area contributed by atoms with Crippen molar-refractivity contribution in [2.24, 2.45) is 11.1 Å². The van der Waals surface area contributed by atoms with Gasteiger partial charge in [-0.2, -0.15) is 0 Å². The van der Waals surface area contributed by atoms with E-state index in [4.69, 9.17) is 5.73 Å². The third kappa shape index (κ3) is 10.6. The molecule has 0 heterocycles. The molecule has 1 fully saturated rings. The van der Waals surface area contributed by atoms with E-state index < -0.39 is 0 Å². The SMILES string of the molecule is CC1(CN)CCCCCCCCCCCCCCCCCC1. The van der Waals surface area contributed by atoms with Gasteiger partial charge in [-0.05, 0) is 24.8 Å². The molecule has 2 N–H and O–H groups in total. The Hall–Kier alpha value is -0.0400. The zero-order valence-corrected chi connectivity index (χ0v) is 15.5. The fourth-order valence-corrected chi connectivity index (χ4v) is 3.91. The number of nitrogens with two attached hydrogens (primary N) is 1. The van der Waals surface area contributed by atoms with Crippen LogP contribution in [-0.4, -0.2) is 6.54 Å². The van der Waals surface area contributed by atoms with Gasteiger partial charge in [-0.3, -0.25) is 0 Å². The van der Waals surface area contributed by atoms with Crippen LogP contribution in [0.3, 0.4) is 0 Å². The summed E-state index contributed by atoms with van der Waals surface area (Å²) < 4.78 is 0. The molecule has 0 aromatic heterocycles. The van der Waals surface area contributed by atoms with Crippen LogP contribution in [0.15, 0.2) is 0 Å². The largest absolute Gasteiger partial charge is 0.330 e. The normalized spacial score (nSPS) is 24.8. The number of hydrogen-bond acceptors (Lipinski definition) is 1. The molecular formula is C21H43N. The minimum Gasteiger partial charge on any atom is -0.330 e. The second-order valence-corrected chi connectivity index (χ2v) is 8.17. The van der Waals surface area contributed by atoms with E-state index in [-0.39, 0.29) is 0 Å². The van der Waals surface area contributed by atoms with Crippen LogP contribution >= 0.6 is 0 Å². The van der Waals surface area contributed by atoms with Gasteiger partial charge >= 0.3 is 0 Å². The van der Waals surface area contributed by atoms with Gasteiger partial charge in [0.25, 0.3) is 0 Å². The molecule has 1 saturated carbocycles. The molecule has 0 spiro atoms. The van der Waals surface area contributed by atoms with Crippen molar-refractivity contribution in [1.82, 2.24) is 0 Å². The summed E-state index contributed by atoms with van der Waals surface area (Å²) >= 11 is 0. The molecular weight excluding hydrogens is 266 g/mol. The zero-order chi connectivity index (χ0) is 15.9. The maximum absolute atomic E-state index is 6.07. The van der Waals surface area contributed by atoms with Crippen molar-refractivity contribution in [3.63, 3.8) is 0 Å². The first-order chi connectivity index (χ1) is 10.8. The second-order valence-electron chi connectivity index (χ2n) is 8.17. The molecule has 1 aliphatic carbocycles. The minimum atomic E-state index is 0.420. The third-order valence-electron chi connectivity index (χ3n) is 5.80. The van der Waals surface area contributed by atoms with Crippen molar-refractivity contribution in [3.8, 4) is 0 Å². The van der Waals surface area contributed by atoms with Gasteiger partial charge in [0.15, 0.2) is 0 Å². The average molecular weight is 310 g/mol. The lowest BCUT2D eigenvalue weighted by Gasteiger charge is -2.28. The van der Waals surface area contributed by atoms with Gasteiger partial charge in [0, 0.05) is 0 Å². The molecule has 0 aromatic rings. The highest BCUT2D eigenvalue weighted by Gasteiger charge is 2.21. The van der Waals surface area contributed by atoms with Crippen LogP contribution in [0.4, 0.5) is 0 Å². The van der Waals surface area contributed by atoms with Crippen LogP contribution in [0.25, 0.3) is 0 Å². The molecule has 132 valence electrons. The molecule has 0 bridgehead atoms. The average Bonchev–Trinajstić information content (AvgIpc) is 2.53. The first-order valence-corrected chi connectivity index (χ1v) is 10.5. The highest BCUT2D eigenvalue weighted by Crippen LogP contribution is 2.30. The van der Waals surface area contributed by atoms with Gasteiger partial charge in [0.2, 0.25) is 0 Å². The Morgan fingerprint density at radius 1 is 0.500 bits per heavy atom. The van der Waals surface area contributed by atoms with Crippen LogP contribution in [-0.2, 0) is 0 Å². The smallest absolute Gasteiger partial charge is 0.00232 e. The van der Waals surface area contributed by atoms with Crippen molar-refractivity contribution < 1.29 is 0 Å². The van der Waals surface area contributed by atoms with Crippen LogP contribution < -0.4 is 5.73 Å². The van der Waals surface area contributed by atoms with Gasteiger partial charge in [0.1, 0.15) is 0 Å². The molecule has 0 aliphatic heterocycles. The summed E-state index contributed by atoms with van der Waals surface area (Å²) in [5, 5.41) is 0. The second kappa shape index (κ2) is 13.4. The molecule has 0 saturated heterocycles. The predicted octanol–water partition coefficient (Wildman–Crippen LogP) is 6.99. The molecule has 1 nitrogen and oxygen atoms in total. The van der Waals surface area contributed by atoms with Gasteiger partial charge < -0.3 is 5.73 Å². The first-order valence-electron chi connectivity index (χ1n) is 10.5. The van der Waals surface area contributed by atoms with Gasteiger partial charge in [-0.25, -0.2) is 0 Å². The molecule has 0 unspecified atom stereocenters. The van der Waals surface area contributed by atoms with E-state index in [2.05, 4.69) is 6.92 Å². The van der Waals surface area contributed by atoms with Crippen molar-refractivity contribution in [2.45, 2.75) is 122 Å². The van der Waals surface area contributed by atoms with Crippen molar-refractivity contribution >= 4 is 0 Å². The quantitative estimate of drug-likeness (QED) is 0.555. The lowest BCUT2D eigenvalue weighted by atomic mass is 9.80. The predicted molar refractivity (Wildman–Crippen MR) is 100 cm³/mol. The number of rotatable bonds is 1. The highest BCUT2D eigenvalue weighted by atomic mass is 14.6. The first kappa shape index (κ1) is 20.0. The summed E-state index contributed by atoms with van der Waals surface area (Å²) in [4.78, 5) is 0. The van der Waals surface area contributed by atoms with Crippen LogP contribution in [0.1, 0.15) is 122 Å². The summed E-state index contributed by atoms with van der Waals surface area (Å²) in [6.07, 6.45) is 25.9. The van der Waals surface area contributed by atoms with Crippen LogP contribution in [0, 0.1) is 5.41 Å². The Labute approximate surface area is 140 Å². The van der Waals surface area contributed by atoms with E-state index in [1.54, 1.807) is 0 Å². The van der Waals surface area contributed by atoms with Gasteiger partial charge in [-0.15, -0.1) is 0 Å². The van der Waals surface area contributed by atoms with E-state index in [1.807, 2.05) is 0 Å². The lowest BCUT2D eigenvalue weighted by Crippen LogP contribution is -2.27. The Balaban J connectivity index is 2.25. The maximum Gasteiger partial charge on any atom is -0.00232 e. The maximum atomic E-state index is 6.07. The topological polar surface area (TPSA) is 26.0 Å². The summed E-state index contributed by atoms with van der Waals surface area (Å²) in [7, 11) is 0. The molecule has 0 radical (unpaired) electrons. The summed E-state index contributed by atoms with van der Waals surface area (Å²) in [5.41, 5.74) is 6.49. The Morgan fingerprint density at radius 2 is 0.727 bits per heavy atom. The standard InChI is InChI=1S/C21H43N/c1-21(20-22)18-16-14-12-10-8-6-4-2-3-5-7-9-11-13-15-17-19-21/h2-20,22H2,1H3. The lowest BCUT2D eigenvalue weighted by molar-refractivity contribution is 0.261. The van der Waals surface area contributed by atoms with Crippen molar-refractivity contribution in [1.29, 1.82) is 0 Å². The molecule has 22 heavy (non-hydrogen) atoms. The van der Waals surface area contributed by atoms with Gasteiger partial charge in [-0.1, -0.05) is 110 Å². The zero-order valence-electron chi connectivity index (χ0n) is 15.5. The molecule has 0 amide bonds. The van der Waals surface area contributed by atoms with E-state index in [0.29, 0.717) is 5.41 Å². The fourth-order valence-electron chi connectivity index (χ4n) is 3.91. The molecule has 0 atom stereocenters. The molecule has 1 rings (SSSR count). The summed E-state index contributed by atoms with van der Waals surface area (Å²) in [5.74, 6) is 0. The van der Waals surface area contributed by atoms with Crippen molar-refractivity contribution in [3.05, 3.63) is 0 Å². The van der Waals surface area contributed by atoms with Crippen LogP contribution in [0.2, 0.25) is 0 Å². The highest BCUT2D eigenvalue weighted by molar-refractivity contribution is 4.75. The number of hydrogen-bond donors (Lipinski definition) is 1. The molecule has 1 heteroatoms. The third-order valence-corrected chi connectivity index (χ3v) is 5.80. The summed E-state index contributed by atoms with van der Waals surface area (Å²) in [6.45, 7) is 3.31. The Morgan fingerprint density at radius 3 is 0.955 bits per heavy atom. The van der Waals surface area contributed by atoms with E-state index >= 15 is 0 Å². The van der Waals surface area contributed by atoms with E-state index in [1.165, 1.54) is 116 Å². The van der Waals surface area contributed by atoms with E-state index in [9.17, 15) is 0 Å². The monoisotopic (exact) mass is 309 g/mol. The Kier molecular flexibility index (Phi) is 12.2.